The third-order valence-electron chi connectivity index (χ3n) is 5.18. The van der Waals surface area contributed by atoms with Crippen LogP contribution in [0, 0.1) is 5.41 Å². The number of carbonyl (C=O) groups is 3. The summed E-state index contributed by atoms with van der Waals surface area (Å²) in [5.41, 5.74) is 5.17. The number of nitrogens with two attached hydrogens (primary N) is 1. The van der Waals surface area contributed by atoms with Gasteiger partial charge in [-0.15, -0.1) is 11.8 Å². The molecular formula is C29H38ClN5O5S. The Labute approximate surface area is 250 Å². The van der Waals surface area contributed by atoms with Crippen LogP contribution in [0.4, 0.5) is 10.5 Å². The summed E-state index contributed by atoms with van der Waals surface area (Å²) in [6.07, 6.45) is 5.81. The van der Waals surface area contributed by atoms with Gasteiger partial charge in [0.1, 0.15) is 17.2 Å². The summed E-state index contributed by atoms with van der Waals surface area (Å²) in [5.74, 6) is -0.692. The summed E-state index contributed by atoms with van der Waals surface area (Å²) >= 11 is 7.30. The Hall–Kier alpha value is -3.70. The van der Waals surface area contributed by atoms with Crippen LogP contribution in [0.1, 0.15) is 62.4 Å². The first kappa shape index (κ1) is 33.5. The number of nitrogens with one attached hydrogen (secondary N) is 3. The zero-order chi connectivity index (χ0) is 30.8. The molecule has 2 aromatic rings. The standard InChI is InChI=1S/C29H38ClN5O5S/c1-18(30)10-13-23(31)35-26(37)24-21(9-8-14-32-24)34-25(36)20-12-11-19(41-7)15-22(20)39-17-29(5,6)16-33-27(38)40-28(2,3)4/h8-15H,16-17,31H2,1-7H3,(H,33,38)(H,34,36)(H,35,37)/b18-10+,23-13+. The summed E-state index contributed by atoms with van der Waals surface area (Å²) in [7, 11) is 0. The van der Waals surface area contributed by atoms with Crippen molar-refractivity contribution in [2.75, 3.05) is 24.7 Å². The Bertz CT molecular complexity index is 1320. The number of amides is 3. The van der Waals surface area contributed by atoms with Gasteiger partial charge in [-0.2, -0.15) is 0 Å². The van der Waals surface area contributed by atoms with E-state index >= 15 is 0 Å². The zero-order valence-electron chi connectivity index (χ0n) is 24.4. The number of carbonyl (C=O) groups excluding carboxylic acids is 3. The molecule has 0 radical (unpaired) electrons. The number of hydrogen-bond acceptors (Lipinski definition) is 8. The first-order valence-corrected chi connectivity index (χ1v) is 14.4. The number of anilines is 1. The topological polar surface area (TPSA) is 145 Å². The lowest BCUT2D eigenvalue weighted by Crippen LogP contribution is -2.40. The Balaban J connectivity index is 2.20. The fourth-order valence-corrected chi connectivity index (χ4v) is 3.69. The lowest BCUT2D eigenvalue weighted by molar-refractivity contribution is 0.0492. The summed E-state index contributed by atoms with van der Waals surface area (Å²) in [6, 6.07) is 8.38. The Morgan fingerprint density at radius 2 is 1.80 bits per heavy atom. The predicted octanol–water partition coefficient (Wildman–Crippen LogP) is 5.66. The number of ether oxygens (including phenoxy) is 2. The molecule has 0 fully saturated rings. The van der Waals surface area contributed by atoms with Crippen LogP contribution in [0.15, 0.2) is 64.4 Å². The average molecular weight is 604 g/mol. The van der Waals surface area contributed by atoms with Crippen molar-refractivity contribution >= 4 is 47.0 Å². The van der Waals surface area contributed by atoms with E-state index in [0.29, 0.717) is 10.8 Å². The number of benzene rings is 1. The van der Waals surface area contributed by atoms with E-state index in [4.69, 9.17) is 26.8 Å². The van der Waals surface area contributed by atoms with Crippen molar-refractivity contribution in [2.24, 2.45) is 11.1 Å². The minimum atomic E-state index is -0.608. The highest BCUT2D eigenvalue weighted by Crippen LogP contribution is 2.28. The molecule has 41 heavy (non-hydrogen) atoms. The molecule has 3 amide bonds. The van der Waals surface area contributed by atoms with E-state index in [1.54, 1.807) is 58.0 Å². The molecule has 0 aliphatic rings. The van der Waals surface area contributed by atoms with Crippen molar-refractivity contribution in [1.29, 1.82) is 0 Å². The molecule has 0 saturated heterocycles. The number of hydrogen-bond donors (Lipinski definition) is 4. The van der Waals surface area contributed by atoms with Gasteiger partial charge in [-0.05, 0) is 76.4 Å². The second kappa shape index (κ2) is 14.8. The summed E-state index contributed by atoms with van der Waals surface area (Å²) < 4.78 is 11.4. The number of halogens is 1. The van der Waals surface area contributed by atoms with Crippen LogP contribution in [-0.4, -0.2) is 47.9 Å². The molecule has 5 N–H and O–H groups in total. The molecule has 0 unspecified atom stereocenters. The van der Waals surface area contributed by atoms with E-state index in [2.05, 4.69) is 20.9 Å². The monoisotopic (exact) mass is 603 g/mol. The van der Waals surface area contributed by atoms with E-state index in [1.807, 2.05) is 20.1 Å². The second-order valence-electron chi connectivity index (χ2n) is 10.9. The molecule has 0 spiro atoms. The number of allylic oxidation sites excluding steroid dienone is 3. The van der Waals surface area contributed by atoms with Crippen LogP contribution >= 0.6 is 23.4 Å². The van der Waals surface area contributed by atoms with Crippen LogP contribution in [0.3, 0.4) is 0 Å². The molecule has 1 aromatic carbocycles. The van der Waals surface area contributed by atoms with Crippen molar-refractivity contribution in [2.45, 2.75) is 52.0 Å². The van der Waals surface area contributed by atoms with E-state index in [-0.39, 0.29) is 35.9 Å². The highest BCUT2D eigenvalue weighted by Gasteiger charge is 2.25. The number of rotatable bonds is 11. The Kier molecular flexibility index (Phi) is 12.1. The van der Waals surface area contributed by atoms with Gasteiger partial charge in [0, 0.05) is 28.1 Å². The van der Waals surface area contributed by atoms with Crippen molar-refractivity contribution in [1.82, 2.24) is 15.6 Å². The highest BCUT2D eigenvalue weighted by atomic mass is 35.5. The quantitative estimate of drug-likeness (QED) is 0.190. The van der Waals surface area contributed by atoms with Crippen LogP contribution < -0.4 is 26.4 Å². The summed E-state index contributed by atoms with van der Waals surface area (Å²) in [6.45, 7) is 11.4. The predicted molar refractivity (Wildman–Crippen MR) is 163 cm³/mol. The summed E-state index contributed by atoms with van der Waals surface area (Å²) in [4.78, 5) is 43.3. The normalized spacial score (nSPS) is 12.4. The third kappa shape index (κ3) is 11.7. The van der Waals surface area contributed by atoms with Gasteiger partial charge < -0.3 is 31.2 Å². The van der Waals surface area contributed by atoms with Crippen molar-refractivity contribution < 1.29 is 23.9 Å². The molecule has 0 bridgehead atoms. The summed E-state index contributed by atoms with van der Waals surface area (Å²) in [5, 5.41) is 8.52. The maximum absolute atomic E-state index is 13.4. The smallest absolute Gasteiger partial charge is 0.407 e. The number of pyridine rings is 1. The highest BCUT2D eigenvalue weighted by molar-refractivity contribution is 7.98. The lowest BCUT2D eigenvalue weighted by Gasteiger charge is -2.27. The van der Waals surface area contributed by atoms with Crippen LogP contribution in [-0.2, 0) is 4.74 Å². The van der Waals surface area contributed by atoms with E-state index < -0.39 is 28.9 Å². The van der Waals surface area contributed by atoms with Gasteiger partial charge in [-0.3, -0.25) is 9.59 Å². The van der Waals surface area contributed by atoms with Crippen molar-refractivity contribution in [3.63, 3.8) is 0 Å². The molecule has 2 rings (SSSR count). The van der Waals surface area contributed by atoms with Gasteiger partial charge in [0.05, 0.1) is 17.9 Å². The second-order valence-corrected chi connectivity index (χ2v) is 12.3. The average Bonchev–Trinajstić information content (AvgIpc) is 2.88. The number of thioether (sulfide) groups is 1. The minimum absolute atomic E-state index is 0.0265. The Morgan fingerprint density at radius 1 is 1.10 bits per heavy atom. The van der Waals surface area contributed by atoms with Crippen molar-refractivity contribution in [3.8, 4) is 5.75 Å². The first-order valence-electron chi connectivity index (χ1n) is 12.7. The molecule has 0 atom stereocenters. The van der Waals surface area contributed by atoms with Gasteiger partial charge in [0.25, 0.3) is 11.8 Å². The first-order chi connectivity index (χ1) is 19.1. The largest absolute Gasteiger partial charge is 0.492 e. The van der Waals surface area contributed by atoms with Gasteiger partial charge in [0.15, 0.2) is 5.69 Å². The lowest BCUT2D eigenvalue weighted by atomic mass is 9.95. The van der Waals surface area contributed by atoms with Gasteiger partial charge in [0.2, 0.25) is 0 Å². The molecule has 0 saturated carbocycles. The molecular weight excluding hydrogens is 566 g/mol. The molecule has 10 nitrogen and oxygen atoms in total. The molecule has 0 aliphatic heterocycles. The van der Waals surface area contributed by atoms with Gasteiger partial charge in [-0.1, -0.05) is 25.4 Å². The van der Waals surface area contributed by atoms with E-state index in [9.17, 15) is 14.4 Å². The Morgan fingerprint density at radius 3 is 2.44 bits per heavy atom. The third-order valence-corrected chi connectivity index (χ3v) is 6.03. The molecule has 0 aliphatic carbocycles. The van der Waals surface area contributed by atoms with Crippen LogP contribution in [0.2, 0.25) is 0 Å². The fourth-order valence-electron chi connectivity index (χ4n) is 3.20. The number of nitrogens with zero attached hydrogens (tertiary/aromatic N) is 1. The maximum Gasteiger partial charge on any atom is 0.407 e. The maximum atomic E-state index is 13.4. The SMILES string of the molecule is CSc1ccc(C(=O)Nc2cccnc2C(=O)N/C(N)=C/C=C(\C)Cl)c(OCC(C)(C)CNC(=O)OC(C)(C)C)c1. The van der Waals surface area contributed by atoms with Crippen LogP contribution in [0.5, 0.6) is 5.75 Å². The number of aromatic nitrogens is 1. The van der Waals surface area contributed by atoms with E-state index in [1.165, 1.54) is 30.1 Å². The fraction of sp³-hybridized carbons (Fsp3) is 0.379. The molecule has 222 valence electrons. The van der Waals surface area contributed by atoms with Gasteiger partial charge >= 0.3 is 6.09 Å². The van der Waals surface area contributed by atoms with Crippen LogP contribution in [0.25, 0.3) is 0 Å². The number of alkyl carbamates (subject to hydrolysis) is 1. The molecule has 1 heterocycles. The molecule has 12 heteroatoms. The zero-order valence-corrected chi connectivity index (χ0v) is 26.0. The minimum Gasteiger partial charge on any atom is -0.492 e. The molecule has 1 aromatic heterocycles. The van der Waals surface area contributed by atoms with Crippen molar-refractivity contribution in [3.05, 3.63) is 70.8 Å². The van der Waals surface area contributed by atoms with Gasteiger partial charge in [-0.25, -0.2) is 9.78 Å². The van der Waals surface area contributed by atoms with E-state index in [0.717, 1.165) is 4.90 Å².